The summed E-state index contributed by atoms with van der Waals surface area (Å²) in [6.45, 7) is 3.87. The number of hydrogen-bond donors (Lipinski definition) is 1. The average Bonchev–Trinajstić information content (AvgIpc) is 2.43. The Hall–Kier alpha value is -2.50. The van der Waals surface area contributed by atoms with Crippen molar-refractivity contribution in [3.63, 3.8) is 0 Å². The molecule has 0 fully saturated rings. The first-order valence-electron chi connectivity index (χ1n) is 6.95. The van der Waals surface area contributed by atoms with Gasteiger partial charge >= 0.3 is 6.36 Å². The van der Waals surface area contributed by atoms with Crippen molar-refractivity contribution in [2.45, 2.75) is 26.6 Å². The second-order valence-corrected chi connectivity index (χ2v) is 5.23. The molecule has 0 heterocycles. The minimum Gasteiger partial charge on any atom is -0.406 e. The van der Waals surface area contributed by atoms with E-state index in [-0.39, 0.29) is 18.1 Å². The summed E-state index contributed by atoms with van der Waals surface area (Å²) in [6, 6.07) is 10.9. The zero-order chi connectivity index (χ0) is 17.0. The summed E-state index contributed by atoms with van der Waals surface area (Å²) in [4.78, 5) is 12.0. The molecule has 6 heteroatoms. The molecular formula is C17H16F3NO2. The van der Waals surface area contributed by atoms with Crippen LogP contribution in [0.5, 0.6) is 5.75 Å². The van der Waals surface area contributed by atoms with Gasteiger partial charge in [0.15, 0.2) is 0 Å². The first kappa shape index (κ1) is 16.9. The number of amides is 1. The number of halogens is 3. The van der Waals surface area contributed by atoms with Crippen molar-refractivity contribution in [1.29, 1.82) is 0 Å². The minimum absolute atomic E-state index is 0.203. The maximum Gasteiger partial charge on any atom is 0.573 e. The predicted octanol–water partition coefficient (Wildman–Crippen LogP) is 4.38. The van der Waals surface area contributed by atoms with E-state index in [4.69, 9.17) is 0 Å². The van der Waals surface area contributed by atoms with Crippen LogP contribution in [0.3, 0.4) is 0 Å². The van der Waals surface area contributed by atoms with Crippen LogP contribution >= 0.6 is 0 Å². The van der Waals surface area contributed by atoms with E-state index in [0.29, 0.717) is 5.69 Å². The molecule has 0 radical (unpaired) electrons. The number of aryl methyl sites for hydroxylation is 2. The zero-order valence-corrected chi connectivity index (χ0v) is 12.7. The van der Waals surface area contributed by atoms with Gasteiger partial charge < -0.3 is 10.1 Å². The van der Waals surface area contributed by atoms with Gasteiger partial charge in [-0.2, -0.15) is 0 Å². The monoisotopic (exact) mass is 323 g/mol. The van der Waals surface area contributed by atoms with Gasteiger partial charge in [0.25, 0.3) is 0 Å². The lowest BCUT2D eigenvalue weighted by Crippen LogP contribution is -2.17. The van der Waals surface area contributed by atoms with Gasteiger partial charge in [-0.1, -0.05) is 23.8 Å². The smallest absolute Gasteiger partial charge is 0.406 e. The van der Waals surface area contributed by atoms with Crippen LogP contribution in [0.2, 0.25) is 0 Å². The first-order valence-corrected chi connectivity index (χ1v) is 6.95. The highest BCUT2D eigenvalue weighted by atomic mass is 19.4. The molecule has 0 saturated carbocycles. The van der Waals surface area contributed by atoms with E-state index in [2.05, 4.69) is 10.1 Å². The number of carbonyl (C=O) groups excluding carboxylic acids is 1. The molecule has 0 bridgehead atoms. The Bertz CT molecular complexity index is 694. The first-order chi connectivity index (χ1) is 10.7. The fraction of sp³-hybridized carbons (Fsp3) is 0.235. The largest absolute Gasteiger partial charge is 0.573 e. The van der Waals surface area contributed by atoms with Crippen LogP contribution in [0.15, 0.2) is 42.5 Å². The summed E-state index contributed by atoms with van der Waals surface area (Å²) in [5.41, 5.74) is 3.40. The number of nitrogens with one attached hydrogen (secondary N) is 1. The summed E-state index contributed by atoms with van der Waals surface area (Å²) in [5, 5.41) is 2.65. The van der Waals surface area contributed by atoms with Crippen molar-refractivity contribution in [2.75, 3.05) is 5.32 Å². The SMILES string of the molecule is Cc1ccc(C)c(CC(=O)Nc2ccc(OC(F)(F)F)cc2)c1. The Morgan fingerprint density at radius 1 is 1.09 bits per heavy atom. The van der Waals surface area contributed by atoms with Gasteiger partial charge in [0, 0.05) is 5.69 Å². The van der Waals surface area contributed by atoms with Crippen LogP contribution in [-0.4, -0.2) is 12.3 Å². The number of rotatable bonds is 4. The lowest BCUT2D eigenvalue weighted by molar-refractivity contribution is -0.274. The maximum atomic E-state index is 12.1. The minimum atomic E-state index is -4.73. The van der Waals surface area contributed by atoms with Gasteiger partial charge in [0.05, 0.1) is 6.42 Å². The van der Waals surface area contributed by atoms with Crippen molar-refractivity contribution in [3.8, 4) is 5.75 Å². The summed E-state index contributed by atoms with van der Waals surface area (Å²) in [6.07, 6.45) is -4.53. The van der Waals surface area contributed by atoms with Crippen LogP contribution in [0, 0.1) is 13.8 Å². The molecule has 2 rings (SSSR count). The number of anilines is 1. The van der Waals surface area contributed by atoms with Crippen molar-refractivity contribution in [2.24, 2.45) is 0 Å². The molecule has 0 aliphatic carbocycles. The third kappa shape index (κ3) is 5.32. The molecule has 0 spiro atoms. The van der Waals surface area contributed by atoms with Crippen molar-refractivity contribution in [3.05, 3.63) is 59.2 Å². The van der Waals surface area contributed by atoms with Crippen LogP contribution in [0.25, 0.3) is 0 Å². The molecule has 0 unspecified atom stereocenters. The molecule has 1 amide bonds. The molecule has 0 aliphatic heterocycles. The fourth-order valence-electron chi connectivity index (χ4n) is 2.11. The topological polar surface area (TPSA) is 38.3 Å². The molecule has 0 atom stereocenters. The van der Waals surface area contributed by atoms with Gasteiger partial charge in [-0.05, 0) is 49.2 Å². The van der Waals surface area contributed by atoms with Crippen LogP contribution in [0.1, 0.15) is 16.7 Å². The zero-order valence-electron chi connectivity index (χ0n) is 12.7. The number of benzene rings is 2. The van der Waals surface area contributed by atoms with Gasteiger partial charge in [0.2, 0.25) is 5.91 Å². The van der Waals surface area contributed by atoms with Gasteiger partial charge in [-0.25, -0.2) is 0 Å². The predicted molar refractivity (Wildman–Crippen MR) is 81.4 cm³/mol. The van der Waals surface area contributed by atoms with Crippen LogP contribution in [0.4, 0.5) is 18.9 Å². The van der Waals surface area contributed by atoms with E-state index < -0.39 is 6.36 Å². The average molecular weight is 323 g/mol. The molecule has 2 aromatic rings. The summed E-state index contributed by atoms with van der Waals surface area (Å²) >= 11 is 0. The summed E-state index contributed by atoms with van der Waals surface area (Å²) in [7, 11) is 0. The summed E-state index contributed by atoms with van der Waals surface area (Å²) in [5.74, 6) is -0.562. The molecule has 122 valence electrons. The van der Waals surface area contributed by atoms with Crippen molar-refractivity contribution in [1.82, 2.24) is 0 Å². The normalized spacial score (nSPS) is 11.2. The molecule has 0 aliphatic rings. The molecule has 0 saturated heterocycles. The lowest BCUT2D eigenvalue weighted by Gasteiger charge is -2.11. The Labute approximate surface area is 132 Å². The maximum absolute atomic E-state index is 12.1. The summed E-state index contributed by atoms with van der Waals surface area (Å²) < 4.78 is 40.0. The van der Waals surface area contributed by atoms with Crippen molar-refractivity contribution >= 4 is 11.6 Å². The van der Waals surface area contributed by atoms with Gasteiger partial charge in [-0.3, -0.25) is 4.79 Å². The second-order valence-electron chi connectivity index (χ2n) is 5.23. The third-order valence-corrected chi connectivity index (χ3v) is 3.23. The highest BCUT2D eigenvalue weighted by Gasteiger charge is 2.30. The highest BCUT2D eigenvalue weighted by molar-refractivity contribution is 5.92. The lowest BCUT2D eigenvalue weighted by atomic mass is 10.0. The van der Waals surface area contributed by atoms with E-state index in [1.807, 2.05) is 32.0 Å². The fourth-order valence-corrected chi connectivity index (χ4v) is 2.11. The second kappa shape index (κ2) is 6.73. The Morgan fingerprint density at radius 3 is 2.35 bits per heavy atom. The quantitative estimate of drug-likeness (QED) is 0.906. The number of ether oxygens (including phenoxy) is 1. The molecule has 3 nitrogen and oxygen atoms in total. The molecule has 23 heavy (non-hydrogen) atoms. The standard InChI is InChI=1S/C17H16F3NO2/c1-11-3-4-12(2)13(9-11)10-16(22)21-14-5-7-15(8-6-14)23-17(18,19)20/h3-9H,10H2,1-2H3,(H,21,22). The number of alkyl halides is 3. The van der Waals surface area contributed by atoms with E-state index in [1.54, 1.807) is 0 Å². The molecule has 1 N–H and O–H groups in total. The van der Waals surface area contributed by atoms with E-state index in [0.717, 1.165) is 28.8 Å². The van der Waals surface area contributed by atoms with Gasteiger partial charge in [-0.15, -0.1) is 13.2 Å². The molecule has 0 aromatic heterocycles. The van der Waals surface area contributed by atoms with Crippen LogP contribution < -0.4 is 10.1 Å². The van der Waals surface area contributed by atoms with E-state index in [9.17, 15) is 18.0 Å². The van der Waals surface area contributed by atoms with Gasteiger partial charge in [0.1, 0.15) is 5.75 Å². The van der Waals surface area contributed by atoms with Crippen molar-refractivity contribution < 1.29 is 22.7 Å². The molecule has 2 aromatic carbocycles. The third-order valence-electron chi connectivity index (χ3n) is 3.23. The highest BCUT2D eigenvalue weighted by Crippen LogP contribution is 2.24. The number of carbonyl (C=O) groups is 1. The van der Waals surface area contributed by atoms with E-state index >= 15 is 0 Å². The Balaban J connectivity index is 1.99. The Morgan fingerprint density at radius 2 is 1.74 bits per heavy atom. The van der Waals surface area contributed by atoms with Crippen LogP contribution in [-0.2, 0) is 11.2 Å². The van der Waals surface area contributed by atoms with E-state index in [1.165, 1.54) is 12.1 Å². The Kier molecular flexibility index (Phi) is 4.93. The number of hydrogen-bond acceptors (Lipinski definition) is 2. The molecular weight excluding hydrogens is 307 g/mol.